The maximum absolute atomic E-state index is 12.9. The first-order valence-corrected chi connectivity index (χ1v) is 11.1. The van der Waals surface area contributed by atoms with E-state index >= 15 is 0 Å². The van der Waals surface area contributed by atoms with Crippen LogP contribution in [0.1, 0.15) is 29.5 Å². The molecule has 1 fully saturated rings. The Bertz CT molecular complexity index is 997. The number of sulfonamides is 1. The van der Waals surface area contributed by atoms with E-state index in [-0.39, 0.29) is 11.8 Å². The Morgan fingerprint density at radius 3 is 2.29 bits per heavy atom. The number of benzene rings is 2. The van der Waals surface area contributed by atoms with Crippen LogP contribution in [0.15, 0.2) is 41.3 Å². The second-order valence-corrected chi connectivity index (χ2v) is 9.75. The van der Waals surface area contributed by atoms with Crippen LogP contribution in [-0.4, -0.2) is 31.7 Å². The van der Waals surface area contributed by atoms with Crippen LogP contribution >= 0.6 is 11.6 Å². The van der Waals surface area contributed by atoms with Gasteiger partial charge in [-0.1, -0.05) is 23.7 Å². The lowest BCUT2D eigenvalue weighted by Gasteiger charge is -2.30. The molecule has 2 aromatic carbocycles. The van der Waals surface area contributed by atoms with Crippen molar-refractivity contribution in [3.05, 3.63) is 58.1 Å². The van der Waals surface area contributed by atoms with Crippen LogP contribution < -0.4 is 5.32 Å². The van der Waals surface area contributed by atoms with Crippen molar-refractivity contribution >= 4 is 33.2 Å². The first-order chi connectivity index (χ1) is 13.2. The number of halogens is 1. The van der Waals surface area contributed by atoms with E-state index in [9.17, 15) is 13.2 Å². The van der Waals surface area contributed by atoms with Crippen LogP contribution in [0.5, 0.6) is 0 Å². The summed E-state index contributed by atoms with van der Waals surface area (Å²) < 4.78 is 27.3. The Labute approximate surface area is 171 Å². The van der Waals surface area contributed by atoms with Crippen LogP contribution in [0.4, 0.5) is 5.69 Å². The maximum atomic E-state index is 12.9. The molecule has 1 saturated heterocycles. The number of carbonyl (C=O) groups excluding carboxylic acids is 1. The first-order valence-electron chi connectivity index (χ1n) is 9.33. The average molecular weight is 421 g/mol. The van der Waals surface area contributed by atoms with Crippen LogP contribution in [0, 0.1) is 26.7 Å². The molecule has 0 unspecified atom stereocenters. The summed E-state index contributed by atoms with van der Waals surface area (Å²) in [6.45, 7) is 6.44. The lowest BCUT2D eigenvalue weighted by molar-refractivity contribution is -0.120. The highest BCUT2D eigenvalue weighted by molar-refractivity contribution is 7.89. The van der Waals surface area contributed by atoms with Gasteiger partial charge in [0.25, 0.3) is 0 Å². The van der Waals surface area contributed by atoms with Crippen molar-refractivity contribution in [3.63, 3.8) is 0 Å². The molecule has 0 aliphatic carbocycles. The van der Waals surface area contributed by atoms with E-state index in [4.69, 9.17) is 11.6 Å². The number of hydrogen-bond acceptors (Lipinski definition) is 3. The number of carbonyl (C=O) groups is 1. The van der Waals surface area contributed by atoms with Gasteiger partial charge in [-0.05, 0) is 74.6 Å². The minimum atomic E-state index is -3.54. The third-order valence-electron chi connectivity index (χ3n) is 5.40. The van der Waals surface area contributed by atoms with Crippen molar-refractivity contribution in [2.24, 2.45) is 5.92 Å². The molecule has 7 heteroatoms. The number of amides is 1. The molecular weight excluding hydrogens is 396 g/mol. The number of anilines is 1. The van der Waals surface area contributed by atoms with Crippen molar-refractivity contribution < 1.29 is 13.2 Å². The van der Waals surface area contributed by atoms with E-state index in [1.165, 1.54) is 4.31 Å². The van der Waals surface area contributed by atoms with Gasteiger partial charge in [-0.25, -0.2) is 8.42 Å². The molecule has 1 N–H and O–H groups in total. The molecule has 28 heavy (non-hydrogen) atoms. The van der Waals surface area contributed by atoms with Gasteiger partial charge in [-0.2, -0.15) is 4.31 Å². The van der Waals surface area contributed by atoms with E-state index < -0.39 is 10.0 Å². The van der Waals surface area contributed by atoms with Gasteiger partial charge >= 0.3 is 0 Å². The van der Waals surface area contributed by atoms with E-state index in [0.717, 1.165) is 16.7 Å². The SMILES string of the molecule is Cc1ccc(S(=O)(=O)N2CCC(C(=O)Nc3cc(Cl)ccc3C)CC2)cc1C. The highest BCUT2D eigenvalue weighted by atomic mass is 35.5. The van der Waals surface area contributed by atoms with Crippen LogP contribution in [-0.2, 0) is 14.8 Å². The smallest absolute Gasteiger partial charge is 0.243 e. The van der Waals surface area contributed by atoms with Crippen molar-refractivity contribution in [3.8, 4) is 0 Å². The zero-order valence-corrected chi connectivity index (χ0v) is 17.9. The number of nitrogens with zero attached hydrogens (tertiary/aromatic N) is 1. The van der Waals surface area contributed by atoms with E-state index in [0.29, 0.717) is 41.5 Å². The standard InChI is InChI=1S/C21H25ClN2O3S/c1-14-5-7-19(12-16(14)3)28(26,27)24-10-8-17(9-11-24)21(25)23-20-13-18(22)6-4-15(20)2/h4-7,12-13,17H,8-11H2,1-3H3,(H,23,25). The molecule has 0 radical (unpaired) electrons. The number of nitrogens with one attached hydrogen (secondary N) is 1. The summed E-state index contributed by atoms with van der Waals surface area (Å²) in [5.74, 6) is -0.307. The Balaban J connectivity index is 1.65. The van der Waals surface area contributed by atoms with Gasteiger partial charge in [0.2, 0.25) is 15.9 Å². The molecule has 150 valence electrons. The molecule has 0 spiro atoms. The summed E-state index contributed by atoms with van der Waals surface area (Å²) in [4.78, 5) is 12.9. The second-order valence-electron chi connectivity index (χ2n) is 7.37. The molecule has 1 aliphatic rings. The molecule has 1 amide bonds. The number of rotatable bonds is 4. The summed E-state index contributed by atoms with van der Waals surface area (Å²) >= 11 is 6.01. The third kappa shape index (κ3) is 4.40. The molecule has 0 saturated carbocycles. The van der Waals surface area contributed by atoms with Gasteiger partial charge < -0.3 is 5.32 Å². The second kappa shape index (κ2) is 8.23. The quantitative estimate of drug-likeness (QED) is 0.801. The summed E-state index contributed by atoms with van der Waals surface area (Å²) in [6, 6.07) is 10.6. The lowest BCUT2D eigenvalue weighted by atomic mass is 9.97. The van der Waals surface area contributed by atoms with Gasteiger partial charge in [0.05, 0.1) is 4.90 Å². The maximum Gasteiger partial charge on any atom is 0.243 e. The number of piperidine rings is 1. The van der Waals surface area contributed by atoms with Gasteiger partial charge in [0, 0.05) is 29.7 Å². The summed E-state index contributed by atoms with van der Waals surface area (Å²) in [6.07, 6.45) is 0.991. The minimum Gasteiger partial charge on any atom is -0.326 e. The zero-order chi connectivity index (χ0) is 20.5. The van der Waals surface area contributed by atoms with E-state index in [2.05, 4.69) is 5.32 Å². The monoisotopic (exact) mass is 420 g/mol. The van der Waals surface area contributed by atoms with Gasteiger partial charge in [-0.3, -0.25) is 4.79 Å². The Morgan fingerprint density at radius 1 is 1.00 bits per heavy atom. The average Bonchev–Trinajstić information content (AvgIpc) is 2.67. The predicted molar refractivity (Wildman–Crippen MR) is 112 cm³/mol. The minimum absolute atomic E-state index is 0.0893. The first kappa shape index (κ1) is 20.8. The fourth-order valence-corrected chi connectivity index (χ4v) is 5.07. The molecule has 0 aromatic heterocycles. The summed E-state index contributed by atoms with van der Waals surface area (Å²) in [7, 11) is -3.54. The van der Waals surface area contributed by atoms with Crippen molar-refractivity contribution in [1.82, 2.24) is 4.31 Å². The van der Waals surface area contributed by atoms with Gasteiger partial charge in [0.1, 0.15) is 0 Å². The Hall–Kier alpha value is -1.89. The molecule has 3 rings (SSSR count). The normalized spacial score (nSPS) is 16.1. The highest BCUT2D eigenvalue weighted by Crippen LogP contribution is 2.27. The van der Waals surface area contributed by atoms with Crippen LogP contribution in [0.3, 0.4) is 0 Å². The Morgan fingerprint density at radius 2 is 1.64 bits per heavy atom. The fraction of sp³-hybridized carbons (Fsp3) is 0.381. The summed E-state index contributed by atoms with van der Waals surface area (Å²) in [5, 5.41) is 3.49. The zero-order valence-electron chi connectivity index (χ0n) is 16.3. The van der Waals surface area contributed by atoms with E-state index in [1.807, 2.05) is 32.9 Å². The van der Waals surface area contributed by atoms with Crippen molar-refractivity contribution in [1.29, 1.82) is 0 Å². The predicted octanol–water partition coefficient (Wildman–Crippen LogP) is 4.30. The van der Waals surface area contributed by atoms with E-state index in [1.54, 1.807) is 24.3 Å². The van der Waals surface area contributed by atoms with Crippen LogP contribution in [0.2, 0.25) is 5.02 Å². The lowest BCUT2D eigenvalue weighted by Crippen LogP contribution is -2.41. The summed E-state index contributed by atoms with van der Waals surface area (Å²) in [5.41, 5.74) is 3.65. The largest absolute Gasteiger partial charge is 0.326 e. The molecule has 1 aliphatic heterocycles. The fourth-order valence-electron chi connectivity index (χ4n) is 3.35. The highest BCUT2D eigenvalue weighted by Gasteiger charge is 2.32. The molecule has 5 nitrogen and oxygen atoms in total. The number of aryl methyl sites for hydroxylation is 3. The van der Waals surface area contributed by atoms with Crippen molar-refractivity contribution in [2.75, 3.05) is 18.4 Å². The third-order valence-corrected chi connectivity index (χ3v) is 7.53. The topological polar surface area (TPSA) is 66.5 Å². The molecular formula is C21H25ClN2O3S. The molecule has 2 aromatic rings. The molecule has 1 heterocycles. The van der Waals surface area contributed by atoms with Crippen molar-refractivity contribution in [2.45, 2.75) is 38.5 Å². The molecule has 0 atom stereocenters. The molecule has 0 bridgehead atoms. The van der Waals surface area contributed by atoms with Gasteiger partial charge in [0.15, 0.2) is 0 Å². The van der Waals surface area contributed by atoms with Gasteiger partial charge in [-0.15, -0.1) is 0 Å². The Kier molecular flexibility index (Phi) is 6.12. The van der Waals surface area contributed by atoms with Crippen LogP contribution in [0.25, 0.3) is 0 Å². The number of hydrogen-bond donors (Lipinski definition) is 1.